The highest BCUT2D eigenvalue weighted by Gasteiger charge is 2.56. The van der Waals surface area contributed by atoms with Crippen LogP contribution in [0.15, 0.2) is 18.2 Å². The van der Waals surface area contributed by atoms with E-state index in [0.29, 0.717) is 11.3 Å². The van der Waals surface area contributed by atoms with Crippen LogP contribution in [0, 0.1) is 0 Å². The number of hydrogen-bond acceptors (Lipinski definition) is 21. The van der Waals surface area contributed by atoms with E-state index in [9.17, 15) is 38.4 Å². The van der Waals surface area contributed by atoms with Gasteiger partial charge >= 0.3 is 47.8 Å². The molecule has 0 N–H and O–H groups in total. The third-order valence-electron chi connectivity index (χ3n) is 8.68. The Labute approximate surface area is 344 Å². The second-order valence-electron chi connectivity index (χ2n) is 14.2. The molecule has 3 aliphatic heterocycles. The SMILES string of the molecule is COc1cc2c(cc1C(=O)O[C@@H]1O[C@H](CO[C@@H]3O[C@H](COC(C)=O)[C@@H](OC(C)=O)[C@H](OC(C)=O)[C@H]3OC(C)=O)[C@@H](OC(C)=O)[C@H](OC(C)=O)[C@H]1OC(C)=O)C=CC(C)(C)O2. The maximum Gasteiger partial charge on any atom is 0.344 e. The molecule has 10 atom stereocenters. The molecule has 21 nitrogen and oxygen atoms in total. The predicted octanol–water partition coefficient (Wildman–Crippen LogP) is 1.66. The van der Waals surface area contributed by atoms with E-state index in [1.54, 1.807) is 12.2 Å². The molecule has 60 heavy (non-hydrogen) atoms. The van der Waals surface area contributed by atoms with Crippen molar-refractivity contribution < 1.29 is 99.9 Å². The van der Waals surface area contributed by atoms with Crippen LogP contribution in [0.4, 0.5) is 0 Å². The Morgan fingerprint density at radius 2 is 1.02 bits per heavy atom. The molecule has 0 amide bonds. The van der Waals surface area contributed by atoms with E-state index in [2.05, 4.69) is 0 Å². The molecule has 0 saturated carbocycles. The number of ether oxygens (including phenoxy) is 13. The largest absolute Gasteiger partial charge is 0.496 e. The number of esters is 8. The van der Waals surface area contributed by atoms with Gasteiger partial charge in [0.1, 0.15) is 41.5 Å². The third kappa shape index (κ3) is 12.4. The Kier molecular flexibility index (Phi) is 15.6. The average molecular weight is 853 g/mol. The molecule has 2 saturated heterocycles. The number of carbonyl (C=O) groups excluding carboxylic acids is 8. The first-order chi connectivity index (χ1) is 28.1. The van der Waals surface area contributed by atoms with Gasteiger partial charge in [-0.1, -0.05) is 6.08 Å². The van der Waals surface area contributed by atoms with Crippen LogP contribution in [-0.2, 0) is 85.7 Å². The van der Waals surface area contributed by atoms with E-state index in [-0.39, 0.29) is 11.3 Å². The maximum atomic E-state index is 14.0. The van der Waals surface area contributed by atoms with Crippen LogP contribution in [0.1, 0.15) is 78.2 Å². The lowest BCUT2D eigenvalue weighted by molar-refractivity contribution is -0.329. The summed E-state index contributed by atoms with van der Waals surface area (Å²) in [6.45, 7) is 9.60. The van der Waals surface area contributed by atoms with Crippen LogP contribution in [0.2, 0.25) is 0 Å². The molecule has 0 spiro atoms. The van der Waals surface area contributed by atoms with Gasteiger partial charge in [0.25, 0.3) is 0 Å². The van der Waals surface area contributed by atoms with Crippen molar-refractivity contribution in [3.05, 3.63) is 29.3 Å². The first-order valence-electron chi connectivity index (χ1n) is 18.5. The highest BCUT2D eigenvalue weighted by Crippen LogP contribution is 2.38. The first-order valence-corrected chi connectivity index (χ1v) is 18.5. The summed E-state index contributed by atoms with van der Waals surface area (Å²) in [6, 6.07) is 2.91. The van der Waals surface area contributed by atoms with Gasteiger partial charge < -0.3 is 61.6 Å². The van der Waals surface area contributed by atoms with Gasteiger partial charge in [-0.3, -0.25) is 33.6 Å². The van der Waals surface area contributed by atoms with Crippen molar-refractivity contribution in [1.29, 1.82) is 0 Å². The fourth-order valence-electron chi connectivity index (χ4n) is 6.50. The minimum absolute atomic E-state index is 0.0302. The van der Waals surface area contributed by atoms with Crippen LogP contribution in [0.5, 0.6) is 11.5 Å². The Balaban J connectivity index is 1.76. The van der Waals surface area contributed by atoms with Gasteiger partial charge in [-0.15, -0.1) is 0 Å². The van der Waals surface area contributed by atoms with Crippen LogP contribution in [0.25, 0.3) is 6.08 Å². The van der Waals surface area contributed by atoms with Gasteiger partial charge in [0.2, 0.25) is 12.4 Å². The molecule has 0 aliphatic carbocycles. The Morgan fingerprint density at radius 1 is 0.567 bits per heavy atom. The van der Waals surface area contributed by atoms with E-state index in [1.807, 2.05) is 13.8 Å². The summed E-state index contributed by atoms with van der Waals surface area (Å²) in [6.07, 6.45) is -13.0. The molecule has 0 radical (unpaired) electrons. The van der Waals surface area contributed by atoms with Crippen LogP contribution in [0.3, 0.4) is 0 Å². The van der Waals surface area contributed by atoms with Gasteiger partial charge in [-0.05, 0) is 26.0 Å². The van der Waals surface area contributed by atoms with Crippen LogP contribution < -0.4 is 9.47 Å². The van der Waals surface area contributed by atoms with Gasteiger partial charge in [-0.2, -0.15) is 0 Å². The zero-order chi connectivity index (χ0) is 44.6. The molecular weight excluding hydrogens is 804 g/mol. The quantitative estimate of drug-likeness (QED) is 0.190. The molecule has 3 heterocycles. The van der Waals surface area contributed by atoms with Gasteiger partial charge in [0.15, 0.2) is 36.8 Å². The van der Waals surface area contributed by atoms with Crippen molar-refractivity contribution in [1.82, 2.24) is 0 Å². The van der Waals surface area contributed by atoms with E-state index >= 15 is 0 Å². The normalized spacial score (nSPS) is 27.6. The summed E-state index contributed by atoms with van der Waals surface area (Å²) in [7, 11) is 1.31. The fraction of sp³-hybridized carbons (Fsp3) is 0.590. The van der Waals surface area contributed by atoms with Crippen molar-refractivity contribution in [2.45, 2.75) is 129 Å². The zero-order valence-corrected chi connectivity index (χ0v) is 34.6. The summed E-state index contributed by atoms with van der Waals surface area (Å²) in [5.74, 6) is -6.88. The Hall–Kier alpha value is -5.80. The van der Waals surface area contributed by atoms with Gasteiger partial charge in [0, 0.05) is 60.1 Å². The molecule has 21 heteroatoms. The maximum absolute atomic E-state index is 14.0. The number of methoxy groups -OCH3 is 1. The van der Waals surface area contributed by atoms with Crippen molar-refractivity contribution in [3.63, 3.8) is 0 Å². The molecule has 1 aromatic carbocycles. The fourth-order valence-corrected chi connectivity index (χ4v) is 6.50. The zero-order valence-electron chi connectivity index (χ0n) is 34.6. The lowest BCUT2D eigenvalue weighted by Crippen LogP contribution is -2.65. The lowest BCUT2D eigenvalue weighted by atomic mass is 9.97. The molecular formula is C39H48O21. The minimum Gasteiger partial charge on any atom is -0.496 e. The summed E-state index contributed by atoms with van der Waals surface area (Å²) < 4.78 is 73.3. The molecule has 330 valence electrons. The molecule has 0 unspecified atom stereocenters. The van der Waals surface area contributed by atoms with Crippen molar-refractivity contribution in [2.75, 3.05) is 20.3 Å². The average Bonchev–Trinajstić information content (AvgIpc) is 3.12. The number of benzene rings is 1. The number of fused-ring (bicyclic) bond motifs is 1. The molecule has 1 aromatic rings. The van der Waals surface area contributed by atoms with Gasteiger partial charge in [-0.25, -0.2) is 4.79 Å². The summed E-state index contributed by atoms with van der Waals surface area (Å²) in [5.41, 5.74) is -0.290. The Bertz CT molecular complexity index is 1850. The monoisotopic (exact) mass is 852 g/mol. The molecule has 2 fully saturated rings. The topological polar surface area (TPSA) is 257 Å². The third-order valence-corrected chi connectivity index (χ3v) is 8.68. The molecule has 0 aromatic heterocycles. The lowest BCUT2D eigenvalue weighted by Gasteiger charge is -2.46. The number of hydrogen-bond donors (Lipinski definition) is 0. The van der Waals surface area contributed by atoms with Crippen molar-refractivity contribution >= 4 is 53.8 Å². The first kappa shape index (κ1) is 46.9. The van der Waals surface area contributed by atoms with E-state index in [0.717, 1.165) is 48.5 Å². The molecule has 4 rings (SSSR count). The smallest absolute Gasteiger partial charge is 0.344 e. The number of rotatable bonds is 14. The van der Waals surface area contributed by atoms with E-state index in [1.165, 1.54) is 19.2 Å². The van der Waals surface area contributed by atoms with E-state index in [4.69, 9.17) is 61.6 Å². The molecule has 3 aliphatic rings. The minimum atomic E-state index is -1.91. The Morgan fingerprint density at radius 3 is 1.50 bits per heavy atom. The summed E-state index contributed by atoms with van der Waals surface area (Å²) in [5, 5.41) is 0. The highest BCUT2D eigenvalue weighted by molar-refractivity contribution is 5.94. The van der Waals surface area contributed by atoms with E-state index < -0.39 is 128 Å². The highest BCUT2D eigenvalue weighted by atomic mass is 16.8. The van der Waals surface area contributed by atoms with Crippen molar-refractivity contribution in [3.8, 4) is 11.5 Å². The van der Waals surface area contributed by atoms with Crippen molar-refractivity contribution in [2.24, 2.45) is 0 Å². The summed E-state index contributed by atoms with van der Waals surface area (Å²) in [4.78, 5) is 100. The second kappa shape index (κ2) is 20.0. The van der Waals surface area contributed by atoms with Crippen LogP contribution >= 0.6 is 0 Å². The van der Waals surface area contributed by atoms with Gasteiger partial charge in [0.05, 0.1) is 13.7 Å². The second-order valence-corrected chi connectivity index (χ2v) is 14.2. The number of carbonyl (C=O) groups is 8. The predicted molar refractivity (Wildman–Crippen MR) is 195 cm³/mol. The summed E-state index contributed by atoms with van der Waals surface area (Å²) >= 11 is 0. The van der Waals surface area contributed by atoms with Crippen LogP contribution in [-0.4, -0.2) is 135 Å². The molecule has 0 bridgehead atoms. The standard InChI is InChI=1S/C39H48O21/c1-17(40)49-15-28-30(51-18(2)41)32(53-20(4)43)34(55-22(6)45)37(57-28)50-16-29-31(52-19(3)42)33(54-21(5)44)35(56-23(7)46)38(58-29)59-36(47)25-13-24-11-12-39(8,9)60-26(24)14-27(25)48-10/h11-14,28-35,37-38H,15-16H2,1-10H3/t28-,29-,30-,31-,32+,33+,34-,35-,37-,38+/m1/s1.